The first kappa shape index (κ1) is 28.2. The number of piperidine rings is 2. The van der Waals surface area contributed by atoms with Gasteiger partial charge in [-0.15, -0.1) is 0 Å². The molecule has 1 aromatic carbocycles. The van der Waals surface area contributed by atoms with Gasteiger partial charge in [0.2, 0.25) is 5.91 Å². The van der Waals surface area contributed by atoms with E-state index in [0.29, 0.717) is 13.1 Å². The van der Waals surface area contributed by atoms with E-state index in [9.17, 15) is 4.79 Å². The molecule has 9 nitrogen and oxygen atoms in total. The summed E-state index contributed by atoms with van der Waals surface area (Å²) in [5, 5.41) is 14.7. The Morgan fingerprint density at radius 2 is 1.95 bits per heavy atom. The Balaban J connectivity index is 1.45. The first-order valence-electron chi connectivity index (χ1n) is 14.8. The second-order valence-corrected chi connectivity index (χ2v) is 13.2. The van der Waals surface area contributed by atoms with E-state index in [0.717, 1.165) is 96.1 Å². The van der Waals surface area contributed by atoms with Gasteiger partial charge in [0.25, 0.3) is 0 Å². The highest BCUT2D eigenvalue weighted by atomic mass is 35.5. The van der Waals surface area contributed by atoms with E-state index in [1.807, 2.05) is 18.0 Å². The quantitative estimate of drug-likeness (QED) is 0.432. The van der Waals surface area contributed by atoms with Crippen LogP contribution in [0.2, 0.25) is 5.02 Å². The van der Waals surface area contributed by atoms with Crippen LogP contribution < -0.4 is 4.90 Å². The van der Waals surface area contributed by atoms with Gasteiger partial charge in [0.1, 0.15) is 0 Å². The van der Waals surface area contributed by atoms with E-state index in [1.54, 1.807) is 0 Å². The summed E-state index contributed by atoms with van der Waals surface area (Å²) in [5.41, 5.74) is 4.78. The fraction of sp³-hybridized carbons (Fsp3) is 0.581. The normalized spacial score (nSPS) is 24.0. The zero-order valence-electron chi connectivity index (χ0n) is 25.0. The van der Waals surface area contributed by atoms with Gasteiger partial charge in [-0.1, -0.05) is 18.2 Å². The van der Waals surface area contributed by atoms with Crippen molar-refractivity contribution in [2.75, 3.05) is 51.3 Å². The summed E-state index contributed by atoms with van der Waals surface area (Å²) in [6.45, 7) is 17.4. The number of ether oxygens (including phenoxy) is 1. The maximum absolute atomic E-state index is 12.3. The lowest BCUT2D eigenvalue weighted by Gasteiger charge is -2.54. The van der Waals surface area contributed by atoms with Crippen molar-refractivity contribution in [2.24, 2.45) is 0 Å². The number of halogens is 1. The minimum Gasteiger partial charge on any atom is -0.372 e. The van der Waals surface area contributed by atoms with E-state index in [1.165, 1.54) is 6.08 Å². The molecule has 41 heavy (non-hydrogen) atoms. The number of hydrogen-bond donors (Lipinski definition) is 1. The van der Waals surface area contributed by atoms with Crippen molar-refractivity contribution >= 4 is 34.2 Å². The number of aromatic nitrogens is 4. The van der Waals surface area contributed by atoms with Crippen molar-refractivity contribution < 1.29 is 9.53 Å². The topological polar surface area (TPSA) is 82.5 Å². The smallest absolute Gasteiger partial charge is 0.245 e. The van der Waals surface area contributed by atoms with E-state index >= 15 is 0 Å². The predicted molar refractivity (Wildman–Crippen MR) is 164 cm³/mol. The molecule has 1 N–H and O–H groups in total. The molecule has 0 saturated carbocycles. The number of benzene rings is 1. The van der Waals surface area contributed by atoms with Crippen LogP contribution >= 0.6 is 11.6 Å². The lowest BCUT2D eigenvalue weighted by atomic mass is 9.78. The second kappa shape index (κ2) is 10.4. The lowest BCUT2D eigenvalue weighted by Crippen LogP contribution is -2.62. The Labute approximate surface area is 247 Å². The van der Waals surface area contributed by atoms with Crippen LogP contribution in [0.15, 0.2) is 24.9 Å². The van der Waals surface area contributed by atoms with Crippen molar-refractivity contribution in [1.82, 2.24) is 29.8 Å². The molecule has 3 aromatic rings. The largest absolute Gasteiger partial charge is 0.372 e. The molecule has 3 aliphatic heterocycles. The fourth-order valence-corrected chi connectivity index (χ4v) is 7.77. The molecule has 1 atom stereocenters. The number of aromatic amines is 1. The van der Waals surface area contributed by atoms with E-state index in [-0.39, 0.29) is 23.1 Å². The maximum atomic E-state index is 12.3. The molecule has 0 bridgehead atoms. The van der Waals surface area contributed by atoms with Crippen LogP contribution in [0.5, 0.6) is 0 Å². The number of morpholine rings is 1. The van der Waals surface area contributed by atoms with Gasteiger partial charge >= 0.3 is 0 Å². The number of aryl methyl sites for hydroxylation is 1. The number of carbonyl (C=O) groups is 1. The van der Waals surface area contributed by atoms with E-state index in [2.05, 4.69) is 65.1 Å². The third-order valence-electron chi connectivity index (χ3n) is 9.51. The number of likely N-dealkylation sites (N-methyl/N-ethyl adjacent to an activating group) is 1. The molecule has 3 fully saturated rings. The van der Waals surface area contributed by atoms with E-state index < -0.39 is 0 Å². The molecule has 1 unspecified atom stereocenters. The van der Waals surface area contributed by atoms with Crippen LogP contribution in [-0.4, -0.2) is 93.2 Å². The number of rotatable bonds is 4. The Kier molecular flexibility index (Phi) is 7.19. The van der Waals surface area contributed by atoms with E-state index in [4.69, 9.17) is 21.4 Å². The summed E-state index contributed by atoms with van der Waals surface area (Å²) >= 11 is 7.14. The first-order chi connectivity index (χ1) is 19.5. The summed E-state index contributed by atoms with van der Waals surface area (Å²) in [5.74, 6) is 0.960. The minimum absolute atomic E-state index is 0.00419. The number of anilines is 1. The molecule has 5 heterocycles. The number of nitrogens with one attached hydrogen (secondary N) is 1. The number of carbonyl (C=O) groups excluding carboxylic acids is 1. The number of likely N-dealkylation sites (tertiary alicyclic amines) is 1. The fourth-order valence-electron chi connectivity index (χ4n) is 7.52. The van der Waals surface area contributed by atoms with Gasteiger partial charge < -0.3 is 19.4 Å². The van der Waals surface area contributed by atoms with Gasteiger partial charge in [-0.3, -0.25) is 14.6 Å². The molecule has 220 valence electrons. The number of hydrogen-bond acceptors (Lipinski definition) is 6. The minimum atomic E-state index is -0.192. The maximum Gasteiger partial charge on any atom is 0.245 e. The van der Waals surface area contributed by atoms with Gasteiger partial charge in [0.15, 0.2) is 5.82 Å². The Hall–Kier alpha value is -2.88. The van der Waals surface area contributed by atoms with Gasteiger partial charge in [-0.25, -0.2) is 0 Å². The molecule has 6 rings (SSSR count). The van der Waals surface area contributed by atoms with Gasteiger partial charge in [-0.05, 0) is 71.7 Å². The van der Waals surface area contributed by atoms with Gasteiger partial charge in [-0.2, -0.15) is 10.2 Å². The van der Waals surface area contributed by atoms with Crippen molar-refractivity contribution in [2.45, 2.75) is 70.6 Å². The summed E-state index contributed by atoms with van der Waals surface area (Å²) in [7, 11) is 2.19. The molecule has 1 spiro atoms. The summed E-state index contributed by atoms with van der Waals surface area (Å²) in [4.78, 5) is 19.0. The van der Waals surface area contributed by atoms with Crippen LogP contribution in [0.1, 0.15) is 56.8 Å². The monoisotopic (exact) mass is 579 g/mol. The zero-order valence-corrected chi connectivity index (χ0v) is 25.7. The molecular formula is C31H42ClN7O2. The van der Waals surface area contributed by atoms with Crippen LogP contribution in [0.4, 0.5) is 5.82 Å². The van der Waals surface area contributed by atoms with Crippen molar-refractivity contribution in [3.63, 3.8) is 0 Å². The van der Waals surface area contributed by atoms with Crippen molar-refractivity contribution in [3.8, 4) is 11.1 Å². The molecule has 10 heteroatoms. The molecule has 3 aliphatic rings. The van der Waals surface area contributed by atoms with Crippen molar-refractivity contribution in [1.29, 1.82) is 0 Å². The average molecular weight is 580 g/mol. The number of H-pyrrole nitrogens is 1. The highest BCUT2D eigenvalue weighted by Crippen LogP contribution is 2.48. The lowest BCUT2D eigenvalue weighted by molar-refractivity contribution is -0.128. The Morgan fingerprint density at radius 1 is 1.20 bits per heavy atom. The van der Waals surface area contributed by atoms with Crippen molar-refractivity contribution in [3.05, 3.63) is 41.2 Å². The molecule has 3 saturated heterocycles. The summed E-state index contributed by atoms with van der Waals surface area (Å²) in [6, 6.07) is 2.25. The van der Waals surface area contributed by atoms with Crippen LogP contribution in [0, 0.1) is 13.8 Å². The molecule has 1 amide bonds. The van der Waals surface area contributed by atoms with Gasteiger partial charge in [0.05, 0.1) is 35.0 Å². The second-order valence-electron chi connectivity index (χ2n) is 12.9. The zero-order chi connectivity index (χ0) is 29.1. The van der Waals surface area contributed by atoms with Gasteiger partial charge in [0, 0.05) is 66.9 Å². The number of nitrogens with zero attached hydrogens (tertiary/aromatic N) is 6. The first-order valence-corrected chi connectivity index (χ1v) is 15.1. The standard InChI is InChI=1S/C31H42ClN7O2/c1-7-25(40)37-11-8-22(9-12-37)39-21(3)26(27-23-17-33-34-24(23)16-20(2)28(27)32)29(35-39)38-13-10-31(18-30(38,4)5)19-36(6)14-15-41-31/h7,16-17,22H,1,8-15,18-19H2,2-6H3,(H,33,34). The Morgan fingerprint density at radius 3 is 2.63 bits per heavy atom. The molecular weight excluding hydrogens is 538 g/mol. The van der Waals surface area contributed by atoms with Crippen LogP contribution in [-0.2, 0) is 9.53 Å². The highest BCUT2D eigenvalue weighted by molar-refractivity contribution is 6.36. The molecule has 0 aliphatic carbocycles. The third kappa shape index (κ3) is 4.85. The molecule has 0 radical (unpaired) electrons. The number of amides is 1. The third-order valence-corrected chi connectivity index (χ3v) is 10.0. The predicted octanol–water partition coefficient (Wildman–Crippen LogP) is 5.13. The molecule has 2 aromatic heterocycles. The Bertz CT molecular complexity index is 1490. The van der Waals surface area contributed by atoms with Crippen LogP contribution in [0.25, 0.3) is 22.0 Å². The van der Waals surface area contributed by atoms with Crippen LogP contribution in [0.3, 0.4) is 0 Å². The highest BCUT2D eigenvalue weighted by Gasteiger charge is 2.48. The average Bonchev–Trinajstić information content (AvgIpc) is 3.52. The number of fused-ring (bicyclic) bond motifs is 1. The summed E-state index contributed by atoms with van der Waals surface area (Å²) < 4.78 is 8.69. The summed E-state index contributed by atoms with van der Waals surface area (Å²) in [6.07, 6.45) is 6.83. The SMILES string of the molecule is C=CC(=O)N1CCC(n2nc(N3CCC4(CN(C)CCO4)CC3(C)C)c(-c3c(Cl)c(C)cc4[nH]ncc34)c2C)CC1.